The standard InChI is InChI=1S/C12H24N2O4/c1-6-9(7-13-8(2)10(15)16)14-11(17)18-12(3,4)5/h8-9,13H,6-7H2,1-5H3,(H,14,17)(H,15,16). The van der Waals surface area contributed by atoms with Gasteiger partial charge in [-0.2, -0.15) is 0 Å². The molecule has 0 aliphatic carbocycles. The first kappa shape index (κ1) is 16.7. The molecule has 0 saturated heterocycles. The van der Waals surface area contributed by atoms with E-state index in [1.54, 1.807) is 27.7 Å². The fourth-order valence-electron chi connectivity index (χ4n) is 1.18. The second kappa shape index (κ2) is 7.20. The van der Waals surface area contributed by atoms with Crippen LogP contribution in [0.4, 0.5) is 4.79 Å². The molecule has 0 radical (unpaired) electrons. The number of hydrogen-bond donors (Lipinski definition) is 3. The van der Waals surface area contributed by atoms with Gasteiger partial charge in [-0.1, -0.05) is 6.92 Å². The SMILES string of the molecule is CCC(CNC(C)C(=O)O)NC(=O)OC(C)(C)C. The van der Waals surface area contributed by atoms with E-state index in [1.807, 2.05) is 6.92 Å². The van der Waals surface area contributed by atoms with Crippen LogP contribution in [0, 0.1) is 0 Å². The highest BCUT2D eigenvalue weighted by atomic mass is 16.6. The number of alkyl carbamates (subject to hydrolysis) is 1. The summed E-state index contributed by atoms with van der Waals surface area (Å²) in [5.74, 6) is -0.915. The number of carbonyl (C=O) groups is 2. The predicted octanol–water partition coefficient (Wildman–Crippen LogP) is 1.35. The Labute approximate surface area is 108 Å². The van der Waals surface area contributed by atoms with Gasteiger partial charge in [0, 0.05) is 12.6 Å². The minimum absolute atomic E-state index is 0.151. The Morgan fingerprint density at radius 1 is 1.33 bits per heavy atom. The van der Waals surface area contributed by atoms with Crippen molar-refractivity contribution in [3.8, 4) is 0 Å². The van der Waals surface area contributed by atoms with Gasteiger partial charge in [0.25, 0.3) is 0 Å². The fraction of sp³-hybridized carbons (Fsp3) is 0.833. The van der Waals surface area contributed by atoms with E-state index in [0.29, 0.717) is 13.0 Å². The molecule has 2 unspecified atom stereocenters. The zero-order valence-corrected chi connectivity index (χ0v) is 11.7. The lowest BCUT2D eigenvalue weighted by Gasteiger charge is -2.23. The lowest BCUT2D eigenvalue weighted by atomic mass is 10.2. The first-order chi connectivity index (χ1) is 8.15. The smallest absolute Gasteiger partial charge is 0.407 e. The first-order valence-corrected chi connectivity index (χ1v) is 6.11. The van der Waals surface area contributed by atoms with Gasteiger partial charge in [-0.05, 0) is 34.1 Å². The predicted molar refractivity (Wildman–Crippen MR) is 68.5 cm³/mol. The van der Waals surface area contributed by atoms with Crippen molar-refractivity contribution in [3.63, 3.8) is 0 Å². The molecule has 18 heavy (non-hydrogen) atoms. The van der Waals surface area contributed by atoms with Gasteiger partial charge in [0.15, 0.2) is 0 Å². The minimum atomic E-state index is -0.915. The summed E-state index contributed by atoms with van der Waals surface area (Å²) in [6, 6.07) is -0.791. The van der Waals surface area contributed by atoms with Crippen LogP contribution in [0.5, 0.6) is 0 Å². The molecule has 0 aromatic carbocycles. The van der Waals surface area contributed by atoms with E-state index in [-0.39, 0.29) is 6.04 Å². The third kappa shape index (κ3) is 7.89. The lowest BCUT2D eigenvalue weighted by Crippen LogP contribution is -2.47. The van der Waals surface area contributed by atoms with Crippen molar-refractivity contribution in [2.24, 2.45) is 0 Å². The summed E-state index contributed by atoms with van der Waals surface area (Å²) in [4.78, 5) is 22.2. The van der Waals surface area contributed by atoms with Crippen molar-refractivity contribution < 1.29 is 19.4 Å². The Hall–Kier alpha value is -1.30. The molecule has 0 aromatic heterocycles. The number of carbonyl (C=O) groups excluding carboxylic acids is 1. The van der Waals surface area contributed by atoms with Gasteiger partial charge in [-0.3, -0.25) is 4.79 Å². The molecule has 0 fully saturated rings. The van der Waals surface area contributed by atoms with E-state index in [2.05, 4.69) is 10.6 Å². The van der Waals surface area contributed by atoms with Crippen LogP contribution in [0.15, 0.2) is 0 Å². The Balaban J connectivity index is 4.11. The van der Waals surface area contributed by atoms with E-state index in [1.165, 1.54) is 0 Å². The summed E-state index contributed by atoms with van der Waals surface area (Å²) in [7, 11) is 0. The average Bonchev–Trinajstić information content (AvgIpc) is 2.20. The highest BCUT2D eigenvalue weighted by molar-refractivity contribution is 5.72. The number of aliphatic carboxylic acids is 1. The van der Waals surface area contributed by atoms with Gasteiger partial charge in [0.2, 0.25) is 0 Å². The molecule has 0 aliphatic heterocycles. The summed E-state index contributed by atoms with van der Waals surface area (Å²) in [5, 5.41) is 14.3. The Bertz CT molecular complexity index is 286. The molecular weight excluding hydrogens is 236 g/mol. The molecule has 0 bridgehead atoms. The van der Waals surface area contributed by atoms with Gasteiger partial charge in [0.1, 0.15) is 11.6 Å². The number of rotatable bonds is 6. The molecule has 1 amide bonds. The van der Waals surface area contributed by atoms with Crippen molar-refractivity contribution >= 4 is 12.1 Å². The average molecular weight is 260 g/mol. The highest BCUT2D eigenvalue weighted by Crippen LogP contribution is 2.07. The highest BCUT2D eigenvalue weighted by Gasteiger charge is 2.19. The first-order valence-electron chi connectivity index (χ1n) is 6.11. The number of carboxylic acids is 1. The van der Waals surface area contributed by atoms with E-state index >= 15 is 0 Å². The molecule has 3 N–H and O–H groups in total. The van der Waals surface area contributed by atoms with Crippen LogP contribution in [0.1, 0.15) is 41.0 Å². The fourth-order valence-corrected chi connectivity index (χ4v) is 1.18. The Morgan fingerprint density at radius 3 is 2.28 bits per heavy atom. The van der Waals surface area contributed by atoms with Gasteiger partial charge < -0.3 is 20.5 Å². The number of ether oxygens (including phenoxy) is 1. The van der Waals surface area contributed by atoms with Crippen LogP contribution in [-0.2, 0) is 9.53 Å². The van der Waals surface area contributed by atoms with Crippen molar-refractivity contribution in [1.29, 1.82) is 0 Å². The van der Waals surface area contributed by atoms with Crippen LogP contribution in [-0.4, -0.2) is 41.4 Å². The van der Waals surface area contributed by atoms with Crippen molar-refractivity contribution in [2.45, 2.75) is 58.7 Å². The molecular formula is C12H24N2O4. The zero-order valence-electron chi connectivity index (χ0n) is 11.7. The maximum Gasteiger partial charge on any atom is 0.407 e. The van der Waals surface area contributed by atoms with E-state index in [4.69, 9.17) is 9.84 Å². The molecule has 0 aromatic rings. The monoisotopic (exact) mass is 260 g/mol. The summed E-state index contributed by atoms with van der Waals surface area (Å²) in [5.41, 5.74) is -0.538. The Morgan fingerprint density at radius 2 is 1.89 bits per heavy atom. The van der Waals surface area contributed by atoms with E-state index < -0.39 is 23.7 Å². The minimum Gasteiger partial charge on any atom is -0.480 e. The summed E-state index contributed by atoms with van der Waals surface area (Å²) >= 11 is 0. The van der Waals surface area contributed by atoms with Crippen molar-refractivity contribution in [3.05, 3.63) is 0 Å². The summed E-state index contributed by atoms with van der Waals surface area (Å²) < 4.78 is 5.13. The molecule has 0 aliphatic rings. The van der Waals surface area contributed by atoms with Crippen LogP contribution >= 0.6 is 0 Å². The third-order valence-corrected chi connectivity index (χ3v) is 2.25. The van der Waals surface area contributed by atoms with Crippen LogP contribution < -0.4 is 10.6 Å². The van der Waals surface area contributed by atoms with Crippen LogP contribution in [0.3, 0.4) is 0 Å². The van der Waals surface area contributed by atoms with Gasteiger partial charge in [-0.25, -0.2) is 4.79 Å². The summed E-state index contributed by atoms with van der Waals surface area (Å²) in [6.45, 7) is 9.23. The summed E-state index contributed by atoms with van der Waals surface area (Å²) in [6.07, 6.45) is 0.206. The quantitative estimate of drug-likeness (QED) is 0.671. The zero-order chi connectivity index (χ0) is 14.3. The van der Waals surface area contributed by atoms with E-state index in [0.717, 1.165) is 0 Å². The van der Waals surface area contributed by atoms with Gasteiger partial charge in [0.05, 0.1) is 0 Å². The number of carboxylic acid groups (broad SMARTS) is 1. The maximum atomic E-state index is 11.5. The topological polar surface area (TPSA) is 87.7 Å². The van der Waals surface area contributed by atoms with Crippen molar-refractivity contribution in [2.75, 3.05) is 6.54 Å². The number of nitrogens with one attached hydrogen (secondary N) is 2. The number of amides is 1. The second-order valence-corrected chi connectivity index (χ2v) is 5.22. The van der Waals surface area contributed by atoms with Gasteiger partial charge in [-0.15, -0.1) is 0 Å². The van der Waals surface area contributed by atoms with Gasteiger partial charge >= 0.3 is 12.1 Å². The number of hydrogen-bond acceptors (Lipinski definition) is 4. The van der Waals surface area contributed by atoms with Crippen LogP contribution in [0.2, 0.25) is 0 Å². The molecule has 6 heteroatoms. The van der Waals surface area contributed by atoms with E-state index in [9.17, 15) is 9.59 Å². The lowest BCUT2D eigenvalue weighted by molar-refractivity contribution is -0.139. The molecule has 0 heterocycles. The second-order valence-electron chi connectivity index (χ2n) is 5.22. The molecule has 0 spiro atoms. The Kier molecular flexibility index (Phi) is 6.68. The molecule has 106 valence electrons. The third-order valence-electron chi connectivity index (χ3n) is 2.25. The van der Waals surface area contributed by atoms with Crippen LogP contribution in [0.25, 0.3) is 0 Å². The molecule has 0 saturated carbocycles. The largest absolute Gasteiger partial charge is 0.480 e. The molecule has 6 nitrogen and oxygen atoms in total. The normalized spacial score (nSPS) is 14.7. The molecule has 2 atom stereocenters. The molecule has 0 rings (SSSR count). The van der Waals surface area contributed by atoms with Crippen molar-refractivity contribution in [1.82, 2.24) is 10.6 Å². The maximum absolute atomic E-state index is 11.5.